The van der Waals surface area contributed by atoms with Gasteiger partial charge in [0, 0.05) is 11.8 Å². The number of ether oxygens (including phenoxy) is 5. The number of carbonyl (C=O) groups is 2. The Morgan fingerprint density at radius 2 is 1.77 bits per heavy atom. The van der Waals surface area contributed by atoms with E-state index in [0.717, 1.165) is 6.07 Å². The number of nitrogens with one attached hydrogen (secondary N) is 1. The monoisotopic (exact) mass is 423 g/mol. The second-order valence-electron chi connectivity index (χ2n) is 6.14. The Bertz CT molecular complexity index is 935. The maximum absolute atomic E-state index is 12.4. The van der Waals surface area contributed by atoms with E-state index in [1.54, 1.807) is 18.2 Å². The molecule has 1 atom stereocenters. The first-order valence-electron chi connectivity index (χ1n) is 8.91. The molecule has 0 fully saturated rings. The average molecular weight is 423 g/mol. The molecule has 0 spiro atoms. The van der Waals surface area contributed by atoms with Crippen molar-refractivity contribution in [3.63, 3.8) is 0 Å². The van der Waals surface area contributed by atoms with Gasteiger partial charge in [-0.3, -0.25) is 4.79 Å². The predicted molar refractivity (Wildman–Crippen MR) is 101 cm³/mol. The smallest absolute Gasteiger partial charge is 0.387 e. The molecule has 1 aliphatic heterocycles. The van der Waals surface area contributed by atoms with Crippen LogP contribution in [-0.2, 0) is 9.53 Å². The number of halogens is 2. The molecule has 0 aromatic heterocycles. The summed E-state index contributed by atoms with van der Waals surface area (Å²) in [5.74, 6) is -0.619. The maximum Gasteiger partial charge on any atom is 0.387 e. The van der Waals surface area contributed by atoms with Crippen molar-refractivity contribution in [2.75, 3.05) is 25.6 Å². The van der Waals surface area contributed by atoms with Crippen LogP contribution in [0.5, 0.6) is 23.0 Å². The van der Waals surface area contributed by atoms with Crippen LogP contribution in [0.15, 0.2) is 36.4 Å². The third-order valence-electron chi connectivity index (χ3n) is 4.08. The minimum atomic E-state index is -3.04. The Balaban J connectivity index is 1.63. The second-order valence-corrected chi connectivity index (χ2v) is 6.14. The van der Waals surface area contributed by atoms with Gasteiger partial charge in [0.05, 0.1) is 12.7 Å². The number of benzene rings is 2. The maximum atomic E-state index is 12.4. The molecule has 0 aliphatic carbocycles. The van der Waals surface area contributed by atoms with Crippen LogP contribution in [0.25, 0.3) is 0 Å². The Morgan fingerprint density at radius 3 is 2.47 bits per heavy atom. The van der Waals surface area contributed by atoms with Gasteiger partial charge >= 0.3 is 12.6 Å². The van der Waals surface area contributed by atoms with E-state index < -0.39 is 24.6 Å². The van der Waals surface area contributed by atoms with Gasteiger partial charge in [0.1, 0.15) is 13.2 Å². The van der Waals surface area contributed by atoms with Crippen LogP contribution >= 0.6 is 0 Å². The van der Waals surface area contributed by atoms with Crippen molar-refractivity contribution in [1.82, 2.24) is 0 Å². The summed E-state index contributed by atoms with van der Waals surface area (Å²) in [5, 5.41) is 2.62. The molecule has 160 valence electrons. The summed E-state index contributed by atoms with van der Waals surface area (Å²) in [5.41, 5.74) is 0.453. The average Bonchev–Trinajstić information content (AvgIpc) is 2.73. The van der Waals surface area contributed by atoms with E-state index in [4.69, 9.17) is 18.9 Å². The normalized spacial score (nSPS) is 13.4. The highest BCUT2D eigenvalue weighted by Crippen LogP contribution is 2.33. The van der Waals surface area contributed by atoms with Crippen molar-refractivity contribution in [3.05, 3.63) is 42.0 Å². The number of alkyl halides is 2. The summed E-state index contributed by atoms with van der Waals surface area (Å²) in [6.45, 7) is -0.785. The van der Waals surface area contributed by atoms with Gasteiger partial charge < -0.3 is 29.0 Å². The van der Waals surface area contributed by atoms with Crippen molar-refractivity contribution >= 4 is 17.6 Å². The number of hydrogen-bond acceptors (Lipinski definition) is 7. The Hall–Kier alpha value is -3.56. The van der Waals surface area contributed by atoms with E-state index in [2.05, 4.69) is 10.1 Å². The lowest BCUT2D eigenvalue weighted by atomic mass is 10.2. The lowest BCUT2D eigenvalue weighted by Gasteiger charge is -2.19. The highest BCUT2D eigenvalue weighted by molar-refractivity contribution is 5.97. The highest BCUT2D eigenvalue weighted by Gasteiger charge is 2.22. The topological polar surface area (TPSA) is 92.3 Å². The predicted octanol–water partition coefficient (Wildman–Crippen LogP) is 3.25. The lowest BCUT2D eigenvalue weighted by molar-refractivity contribution is -0.123. The number of hydrogen-bond donors (Lipinski definition) is 1. The van der Waals surface area contributed by atoms with E-state index in [-0.39, 0.29) is 17.1 Å². The van der Waals surface area contributed by atoms with Crippen LogP contribution in [0.1, 0.15) is 17.3 Å². The summed E-state index contributed by atoms with van der Waals surface area (Å²) < 4.78 is 50.1. The molecule has 30 heavy (non-hydrogen) atoms. The standard InChI is InChI=1S/C20H19F2NO7/c1-11(18(24)23-13-4-6-14-17(10-13)28-8-7-27-14)29-19(25)12-3-5-15(30-20(21)22)16(9-12)26-2/h3-6,9-11,20H,7-8H2,1-2H3,(H,23,24)/t11-/m1/s1. The number of carbonyl (C=O) groups excluding carboxylic acids is 2. The summed E-state index contributed by atoms with van der Waals surface area (Å²) in [7, 11) is 1.24. The zero-order valence-corrected chi connectivity index (χ0v) is 16.1. The molecule has 0 bridgehead atoms. The summed E-state index contributed by atoms with van der Waals surface area (Å²) in [6, 6.07) is 8.47. The van der Waals surface area contributed by atoms with Gasteiger partial charge in [0.2, 0.25) is 0 Å². The lowest BCUT2D eigenvalue weighted by Crippen LogP contribution is -2.30. The molecular formula is C20H19F2NO7. The van der Waals surface area contributed by atoms with E-state index in [0.29, 0.717) is 30.4 Å². The number of esters is 1. The quantitative estimate of drug-likeness (QED) is 0.684. The fourth-order valence-electron chi connectivity index (χ4n) is 2.64. The number of amides is 1. The van der Waals surface area contributed by atoms with Crippen LogP contribution in [0.4, 0.5) is 14.5 Å². The summed E-state index contributed by atoms with van der Waals surface area (Å²) in [6.07, 6.45) is -1.13. The third kappa shape index (κ3) is 5.07. The Kier molecular flexibility index (Phi) is 6.55. The molecule has 0 saturated heterocycles. The van der Waals surface area contributed by atoms with Crippen molar-refractivity contribution in [2.45, 2.75) is 19.6 Å². The molecule has 2 aromatic rings. The first-order chi connectivity index (χ1) is 14.4. The molecular weight excluding hydrogens is 404 g/mol. The summed E-state index contributed by atoms with van der Waals surface area (Å²) >= 11 is 0. The fraction of sp³-hybridized carbons (Fsp3) is 0.300. The first-order valence-corrected chi connectivity index (χ1v) is 8.91. The van der Waals surface area contributed by atoms with Crippen LogP contribution < -0.4 is 24.3 Å². The fourth-order valence-corrected chi connectivity index (χ4v) is 2.64. The molecule has 0 unspecified atom stereocenters. The SMILES string of the molecule is COc1cc(C(=O)O[C@H](C)C(=O)Nc2ccc3c(c2)OCCO3)ccc1OC(F)F. The minimum absolute atomic E-state index is 0.00689. The minimum Gasteiger partial charge on any atom is -0.493 e. The van der Waals surface area contributed by atoms with Crippen LogP contribution in [0.2, 0.25) is 0 Å². The molecule has 3 rings (SSSR count). The van der Waals surface area contributed by atoms with Crippen molar-refractivity contribution in [2.24, 2.45) is 0 Å². The van der Waals surface area contributed by atoms with E-state index in [1.807, 2.05) is 0 Å². The molecule has 2 aromatic carbocycles. The molecule has 0 saturated carbocycles. The molecule has 0 radical (unpaired) electrons. The third-order valence-corrected chi connectivity index (χ3v) is 4.08. The van der Waals surface area contributed by atoms with E-state index >= 15 is 0 Å². The number of rotatable bonds is 7. The molecule has 1 heterocycles. The first kappa shape index (κ1) is 21.2. The number of anilines is 1. The molecule has 10 heteroatoms. The van der Waals surface area contributed by atoms with Crippen molar-refractivity contribution < 1.29 is 42.1 Å². The zero-order valence-electron chi connectivity index (χ0n) is 16.1. The molecule has 1 aliphatic rings. The Morgan fingerprint density at radius 1 is 1.03 bits per heavy atom. The van der Waals surface area contributed by atoms with Gasteiger partial charge in [0.15, 0.2) is 29.1 Å². The molecule has 1 N–H and O–H groups in total. The van der Waals surface area contributed by atoms with Crippen molar-refractivity contribution in [3.8, 4) is 23.0 Å². The largest absolute Gasteiger partial charge is 0.493 e. The summed E-state index contributed by atoms with van der Waals surface area (Å²) in [4.78, 5) is 24.7. The van der Waals surface area contributed by atoms with Crippen LogP contribution in [-0.4, -0.2) is 44.9 Å². The van der Waals surface area contributed by atoms with E-state index in [1.165, 1.54) is 26.2 Å². The van der Waals surface area contributed by atoms with E-state index in [9.17, 15) is 18.4 Å². The molecule has 1 amide bonds. The van der Waals surface area contributed by atoms with Gasteiger partial charge in [-0.05, 0) is 37.3 Å². The zero-order chi connectivity index (χ0) is 21.7. The van der Waals surface area contributed by atoms with Gasteiger partial charge in [-0.1, -0.05) is 0 Å². The van der Waals surface area contributed by atoms with Crippen LogP contribution in [0.3, 0.4) is 0 Å². The molecule has 8 nitrogen and oxygen atoms in total. The van der Waals surface area contributed by atoms with Crippen LogP contribution in [0, 0.1) is 0 Å². The van der Waals surface area contributed by atoms with Gasteiger partial charge in [0.25, 0.3) is 5.91 Å². The Labute approximate surface area is 170 Å². The van der Waals surface area contributed by atoms with Crippen molar-refractivity contribution in [1.29, 1.82) is 0 Å². The number of fused-ring (bicyclic) bond motifs is 1. The second kappa shape index (κ2) is 9.29. The van der Waals surface area contributed by atoms with Gasteiger partial charge in [-0.25, -0.2) is 4.79 Å². The number of methoxy groups -OCH3 is 1. The highest BCUT2D eigenvalue weighted by atomic mass is 19.3. The van der Waals surface area contributed by atoms with Gasteiger partial charge in [-0.2, -0.15) is 8.78 Å². The van der Waals surface area contributed by atoms with Gasteiger partial charge in [-0.15, -0.1) is 0 Å².